The molecule has 0 aromatic heterocycles. The van der Waals surface area contributed by atoms with Crippen LogP contribution in [-0.2, 0) is 6.42 Å². The van der Waals surface area contributed by atoms with Crippen LogP contribution in [0.15, 0.2) is 12.1 Å². The van der Waals surface area contributed by atoms with Gasteiger partial charge in [-0.25, -0.2) is 0 Å². The van der Waals surface area contributed by atoms with E-state index in [0.29, 0.717) is 19.6 Å². The highest BCUT2D eigenvalue weighted by molar-refractivity contribution is 5.50. The first-order valence-corrected chi connectivity index (χ1v) is 6.96. The van der Waals surface area contributed by atoms with E-state index in [1.807, 2.05) is 13.0 Å². The summed E-state index contributed by atoms with van der Waals surface area (Å²) in [5, 5.41) is 9.16. The molecule has 0 fully saturated rings. The zero-order chi connectivity index (χ0) is 13.8. The molecule has 0 radical (unpaired) electrons. The fourth-order valence-corrected chi connectivity index (χ4v) is 2.61. The van der Waals surface area contributed by atoms with Gasteiger partial charge in [0.25, 0.3) is 0 Å². The van der Waals surface area contributed by atoms with Crippen LogP contribution in [0.25, 0.3) is 0 Å². The average molecular weight is 265 g/mol. The molecule has 1 aromatic rings. The fraction of sp³-hybridized carbons (Fsp3) is 0.600. The molecule has 1 aromatic carbocycles. The van der Waals surface area contributed by atoms with Crippen LogP contribution in [0.1, 0.15) is 37.3 Å². The van der Waals surface area contributed by atoms with Crippen molar-refractivity contribution in [2.45, 2.75) is 38.7 Å². The molecule has 2 rings (SSSR count). The van der Waals surface area contributed by atoms with E-state index in [4.69, 9.17) is 20.3 Å². The van der Waals surface area contributed by atoms with E-state index >= 15 is 0 Å². The Morgan fingerprint density at radius 2 is 2.32 bits per heavy atom. The van der Waals surface area contributed by atoms with E-state index in [2.05, 4.69) is 13.0 Å². The van der Waals surface area contributed by atoms with Crippen LogP contribution in [0, 0.1) is 0 Å². The summed E-state index contributed by atoms with van der Waals surface area (Å²) in [4.78, 5) is 0. The first-order chi connectivity index (χ1) is 9.19. The Morgan fingerprint density at radius 1 is 1.53 bits per heavy atom. The molecule has 1 heterocycles. The van der Waals surface area contributed by atoms with E-state index in [1.165, 1.54) is 5.56 Å². The molecule has 0 bridgehead atoms. The van der Waals surface area contributed by atoms with Gasteiger partial charge in [0, 0.05) is 30.1 Å². The molecule has 1 aliphatic rings. The van der Waals surface area contributed by atoms with E-state index in [1.54, 1.807) is 0 Å². The number of rotatable bonds is 6. The van der Waals surface area contributed by atoms with Crippen molar-refractivity contribution in [2.24, 2.45) is 5.73 Å². The summed E-state index contributed by atoms with van der Waals surface area (Å²) in [6.45, 7) is 5.28. The van der Waals surface area contributed by atoms with Crippen molar-refractivity contribution in [3.63, 3.8) is 0 Å². The van der Waals surface area contributed by atoms with Crippen molar-refractivity contribution in [1.82, 2.24) is 0 Å². The van der Waals surface area contributed by atoms with Crippen molar-refractivity contribution < 1.29 is 14.6 Å². The predicted molar refractivity (Wildman–Crippen MR) is 74.9 cm³/mol. The van der Waals surface area contributed by atoms with Gasteiger partial charge in [0.2, 0.25) is 0 Å². The molecule has 0 amide bonds. The Labute approximate surface area is 114 Å². The summed E-state index contributed by atoms with van der Waals surface area (Å²) in [6.07, 6.45) is 1.78. The Kier molecular flexibility index (Phi) is 4.66. The predicted octanol–water partition coefficient (Wildman–Crippen LogP) is 1.83. The lowest BCUT2D eigenvalue weighted by molar-refractivity contribution is 0.253. The van der Waals surface area contributed by atoms with Gasteiger partial charge >= 0.3 is 0 Å². The van der Waals surface area contributed by atoms with E-state index in [9.17, 15) is 0 Å². The van der Waals surface area contributed by atoms with Gasteiger partial charge in [-0.15, -0.1) is 0 Å². The molecule has 1 aliphatic heterocycles. The third kappa shape index (κ3) is 3.01. The summed E-state index contributed by atoms with van der Waals surface area (Å²) in [5.41, 5.74) is 8.06. The maximum Gasteiger partial charge on any atom is 0.123 e. The van der Waals surface area contributed by atoms with Gasteiger partial charge in [-0.05, 0) is 38.9 Å². The highest BCUT2D eigenvalue weighted by Gasteiger charge is 2.24. The van der Waals surface area contributed by atoms with Gasteiger partial charge in [0.1, 0.15) is 17.6 Å². The lowest BCUT2D eigenvalue weighted by atomic mass is 9.93. The Balaban J connectivity index is 2.37. The Morgan fingerprint density at radius 3 is 2.95 bits per heavy atom. The summed E-state index contributed by atoms with van der Waals surface area (Å²) in [7, 11) is 0. The smallest absolute Gasteiger partial charge is 0.123 e. The molecule has 4 nitrogen and oxygen atoms in total. The third-order valence-corrected chi connectivity index (χ3v) is 3.53. The highest BCUT2D eigenvalue weighted by atomic mass is 16.5. The zero-order valence-electron chi connectivity index (χ0n) is 11.7. The maximum absolute atomic E-state index is 9.16. The van der Waals surface area contributed by atoms with Gasteiger partial charge in [-0.2, -0.15) is 0 Å². The number of aliphatic hydroxyl groups is 1. The summed E-state index contributed by atoms with van der Waals surface area (Å²) >= 11 is 0. The molecule has 2 unspecified atom stereocenters. The second-order valence-electron chi connectivity index (χ2n) is 5.01. The van der Waals surface area contributed by atoms with Gasteiger partial charge < -0.3 is 20.3 Å². The maximum atomic E-state index is 9.16. The monoisotopic (exact) mass is 265 g/mol. The average Bonchev–Trinajstić information content (AvgIpc) is 2.75. The Hall–Kier alpha value is -1.26. The number of nitrogens with two attached hydrogens (primary N) is 1. The lowest BCUT2D eigenvalue weighted by Gasteiger charge is -2.19. The van der Waals surface area contributed by atoms with Crippen LogP contribution in [0.3, 0.4) is 0 Å². The standard InChI is InChI=1S/C15H23NO3/c1-3-18-15-7-12-6-10(2)19-14(12)8-13(15)11(9-16)4-5-17/h7-8,10-11,17H,3-6,9,16H2,1-2H3. The lowest BCUT2D eigenvalue weighted by Crippen LogP contribution is -2.15. The molecule has 0 aliphatic carbocycles. The van der Waals surface area contributed by atoms with Crippen LogP contribution in [0.4, 0.5) is 0 Å². The largest absolute Gasteiger partial charge is 0.494 e. The van der Waals surface area contributed by atoms with E-state index in [-0.39, 0.29) is 18.6 Å². The number of hydrogen-bond donors (Lipinski definition) is 2. The number of fused-ring (bicyclic) bond motifs is 1. The number of benzene rings is 1. The van der Waals surface area contributed by atoms with Crippen LogP contribution in [0.2, 0.25) is 0 Å². The molecule has 3 N–H and O–H groups in total. The van der Waals surface area contributed by atoms with Crippen LogP contribution < -0.4 is 15.2 Å². The first kappa shape index (κ1) is 14.2. The van der Waals surface area contributed by atoms with Crippen LogP contribution in [0.5, 0.6) is 11.5 Å². The first-order valence-electron chi connectivity index (χ1n) is 6.96. The molecule has 106 valence electrons. The number of aliphatic hydroxyl groups excluding tert-OH is 1. The SMILES string of the molecule is CCOc1cc2c(cc1C(CN)CCO)OC(C)C2. The summed E-state index contributed by atoms with van der Waals surface area (Å²) < 4.78 is 11.5. The molecular formula is C15H23NO3. The molecule has 0 spiro atoms. The van der Waals surface area contributed by atoms with Gasteiger partial charge in [0.05, 0.1) is 6.61 Å². The second kappa shape index (κ2) is 6.26. The highest BCUT2D eigenvalue weighted by Crippen LogP contribution is 2.38. The topological polar surface area (TPSA) is 64.7 Å². The van der Waals surface area contributed by atoms with Crippen molar-refractivity contribution in [3.8, 4) is 11.5 Å². The van der Waals surface area contributed by atoms with E-state index < -0.39 is 0 Å². The van der Waals surface area contributed by atoms with Gasteiger partial charge in [-0.1, -0.05) is 0 Å². The molecule has 2 atom stereocenters. The molecule has 4 heteroatoms. The quantitative estimate of drug-likeness (QED) is 0.823. The minimum Gasteiger partial charge on any atom is -0.494 e. The molecular weight excluding hydrogens is 242 g/mol. The van der Waals surface area contributed by atoms with Crippen molar-refractivity contribution >= 4 is 0 Å². The van der Waals surface area contributed by atoms with Gasteiger partial charge in [0.15, 0.2) is 0 Å². The summed E-state index contributed by atoms with van der Waals surface area (Å²) in [6, 6.07) is 4.11. The van der Waals surface area contributed by atoms with Crippen molar-refractivity contribution in [1.29, 1.82) is 0 Å². The van der Waals surface area contributed by atoms with Gasteiger partial charge in [-0.3, -0.25) is 0 Å². The molecule has 19 heavy (non-hydrogen) atoms. The second-order valence-corrected chi connectivity index (χ2v) is 5.01. The zero-order valence-corrected chi connectivity index (χ0v) is 11.7. The minimum atomic E-state index is 0.108. The minimum absolute atomic E-state index is 0.108. The van der Waals surface area contributed by atoms with Crippen LogP contribution >= 0.6 is 0 Å². The van der Waals surface area contributed by atoms with Crippen LogP contribution in [-0.4, -0.2) is 31.0 Å². The van der Waals surface area contributed by atoms with Crippen molar-refractivity contribution in [2.75, 3.05) is 19.8 Å². The molecule has 0 saturated heterocycles. The Bertz CT molecular complexity index is 434. The third-order valence-electron chi connectivity index (χ3n) is 3.53. The normalized spacial score (nSPS) is 18.8. The fourth-order valence-electron chi connectivity index (χ4n) is 2.61. The van der Waals surface area contributed by atoms with E-state index in [0.717, 1.165) is 23.5 Å². The number of ether oxygens (including phenoxy) is 2. The van der Waals surface area contributed by atoms with Crippen molar-refractivity contribution in [3.05, 3.63) is 23.3 Å². The summed E-state index contributed by atoms with van der Waals surface area (Å²) in [5.74, 6) is 1.92. The number of hydrogen-bond acceptors (Lipinski definition) is 4. The molecule has 0 saturated carbocycles.